The first-order valence-corrected chi connectivity index (χ1v) is 18.0. The first-order valence-electron chi connectivity index (χ1n) is 16.1. The third kappa shape index (κ3) is 7.04. The van der Waals surface area contributed by atoms with Gasteiger partial charge in [0.2, 0.25) is 0 Å². The molecule has 2 saturated carbocycles. The summed E-state index contributed by atoms with van der Waals surface area (Å²) in [7, 11) is -0.292. The topological polar surface area (TPSA) is 0 Å². The Kier molecular flexibility index (Phi) is 11.2. The van der Waals surface area contributed by atoms with Crippen molar-refractivity contribution in [1.82, 2.24) is 0 Å². The van der Waals surface area contributed by atoms with Crippen LogP contribution >= 0.6 is 19.5 Å². The van der Waals surface area contributed by atoms with Gasteiger partial charge >= 0.3 is 0 Å². The molecule has 0 aliphatic heterocycles. The molecule has 2 aromatic carbocycles. The summed E-state index contributed by atoms with van der Waals surface area (Å²) in [5.74, 6) is 1.49. The van der Waals surface area contributed by atoms with E-state index in [0.717, 1.165) is 22.8 Å². The van der Waals surface area contributed by atoms with E-state index in [1.165, 1.54) is 97.6 Å². The predicted octanol–water partition coefficient (Wildman–Crippen LogP) is 12.3. The van der Waals surface area contributed by atoms with Gasteiger partial charge in [-0.2, -0.15) is 0 Å². The van der Waals surface area contributed by atoms with Crippen molar-refractivity contribution in [2.75, 3.05) is 0 Å². The molecule has 2 fully saturated rings. The van der Waals surface area contributed by atoms with E-state index in [-0.39, 0.29) is 7.92 Å². The molecule has 0 amide bonds. The zero-order valence-corrected chi connectivity index (χ0v) is 27.6. The van der Waals surface area contributed by atoms with Crippen LogP contribution in [0.15, 0.2) is 36.4 Å². The van der Waals surface area contributed by atoms with Crippen molar-refractivity contribution < 1.29 is 0 Å². The van der Waals surface area contributed by atoms with Gasteiger partial charge in [0.1, 0.15) is 0 Å². The van der Waals surface area contributed by atoms with Crippen molar-refractivity contribution in [2.24, 2.45) is 0 Å². The van der Waals surface area contributed by atoms with E-state index in [0.29, 0.717) is 17.8 Å². The lowest BCUT2D eigenvalue weighted by Gasteiger charge is -2.41. The Hall–Kier alpha value is -1.10. The SMILES string of the molecule is C/C=C/Cc1c(Cl)ccc(-c2c(C(C)C)cc(C(C)C)cc2C(C)C)c1P(C1CCCCC1)C1CCCCC1. The zero-order valence-electron chi connectivity index (χ0n) is 26.0. The summed E-state index contributed by atoms with van der Waals surface area (Å²) in [6.45, 7) is 16.4. The smallest absolute Gasteiger partial charge is 0.0447 e. The maximum absolute atomic E-state index is 7.19. The van der Waals surface area contributed by atoms with Crippen molar-refractivity contribution >= 4 is 24.8 Å². The Bertz CT molecular complexity index is 1070. The van der Waals surface area contributed by atoms with E-state index in [1.807, 2.05) is 0 Å². The van der Waals surface area contributed by atoms with Crippen molar-refractivity contribution in [2.45, 2.75) is 148 Å². The van der Waals surface area contributed by atoms with Crippen molar-refractivity contribution in [1.29, 1.82) is 0 Å². The third-order valence-electron chi connectivity index (χ3n) is 9.38. The molecule has 0 spiro atoms. The maximum atomic E-state index is 7.19. The van der Waals surface area contributed by atoms with Gasteiger partial charge in [0.25, 0.3) is 0 Å². The molecular weight excluding hydrogens is 511 g/mol. The van der Waals surface area contributed by atoms with Crippen LogP contribution in [0.4, 0.5) is 0 Å². The van der Waals surface area contributed by atoms with E-state index in [4.69, 9.17) is 11.6 Å². The number of benzene rings is 2. The second-order valence-corrected chi connectivity index (χ2v) is 16.4. The van der Waals surface area contributed by atoms with E-state index in [1.54, 1.807) is 5.30 Å². The fraction of sp³-hybridized carbons (Fsp3) is 0.622. The van der Waals surface area contributed by atoms with Gasteiger partial charge in [0.15, 0.2) is 0 Å². The Morgan fingerprint density at radius 2 is 1.28 bits per heavy atom. The molecule has 0 radical (unpaired) electrons. The lowest BCUT2D eigenvalue weighted by Crippen LogP contribution is -2.29. The molecule has 214 valence electrons. The molecule has 39 heavy (non-hydrogen) atoms. The quantitative estimate of drug-likeness (QED) is 0.210. The molecule has 0 N–H and O–H groups in total. The molecule has 0 nitrogen and oxygen atoms in total. The normalized spacial score (nSPS) is 17.9. The van der Waals surface area contributed by atoms with Crippen LogP contribution in [-0.2, 0) is 6.42 Å². The Morgan fingerprint density at radius 1 is 0.769 bits per heavy atom. The molecule has 2 aliphatic rings. The van der Waals surface area contributed by atoms with Crippen LogP contribution in [-0.4, -0.2) is 11.3 Å². The Morgan fingerprint density at radius 3 is 1.72 bits per heavy atom. The summed E-state index contributed by atoms with van der Waals surface area (Å²) in [6.07, 6.45) is 19.7. The summed E-state index contributed by atoms with van der Waals surface area (Å²) in [6, 6.07) is 9.77. The average Bonchev–Trinajstić information content (AvgIpc) is 2.93. The minimum atomic E-state index is -0.292. The standard InChI is InChI=1S/C37H54ClP/c1-8-9-20-31-35(38)22-21-32(36-33(26(4)5)23-28(25(2)3)24-34(36)27(6)7)37(31)39(29-16-12-10-13-17-29)30-18-14-11-15-19-30/h8-9,21-27,29-30H,10-20H2,1-7H3/b9-8+. The minimum Gasteiger partial charge on any atom is -0.0913 e. The lowest BCUT2D eigenvalue weighted by molar-refractivity contribution is 0.487. The fourth-order valence-electron chi connectivity index (χ4n) is 7.19. The van der Waals surface area contributed by atoms with Crippen molar-refractivity contribution in [3.8, 4) is 11.1 Å². The van der Waals surface area contributed by atoms with Gasteiger partial charge < -0.3 is 0 Å². The Labute approximate surface area is 247 Å². The highest BCUT2D eigenvalue weighted by Crippen LogP contribution is 2.58. The van der Waals surface area contributed by atoms with Gasteiger partial charge in [0, 0.05) is 5.02 Å². The Balaban J connectivity index is 2.07. The van der Waals surface area contributed by atoms with Crippen LogP contribution < -0.4 is 5.30 Å². The number of hydrogen-bond acceptors (Lipinski definition) is 0. The molecule has 0 atom stereocenters. The van der Waals surface area contributed by atoms with E-state index >= 15 is 0 Å². The third-order valence-corrected chi connectivity index (χ3v) is 13.4. The number of halogens is 1. The van der Waals surface area contributed by atoms with Crippen LogP contribution in [0.25, 0.3) is 11.1 Å². The second-order valence-electron chi connectivity index (χ2n) is 13.2. The summed E-state index contributed by atoms with van der Waals surface area (Å²) in [5.41, 5.74) is 10.8. The van der Waals surface area contributed by atoms with Crippen molar-refractivity contribution in [3.63, 3.8) is 0 Å². The van der Waals surface area contributed by atoms with Gasteiger partial charge in [-0.15, -0.1) is 0 Å². The summed E-state index contributed by atoms with van der Waals surface area (Å²) in [5, 5.41) is 2.68. The molecule has 0 heterocycles. The van der Waals surface area contributed by atoms with Crippen LogP contribution in [0.1, 0.15) is 153 Å². The molecule has 2 aromatic rings. The van der Waals surface area contributed by atoms with Gasteiger partial charge in [-0.1, -0.05) is 130 Å². The highest BCUT2D eigenvalue weighted by Gasteiger charge is 2.36. The maximum Gasteiger partial charge on any atom is 0.0447 e. The van der Waals surface area contributed by atoms with E-state index in [2.05, 4.69) is 84.9 Å². The van der Waals surface area contributed by atoms with Crippen LogP contribution in [0.5, 0.6) is 0 Å². The highest BCUT2D eigenvalue weighted by atomic mass is 35.5. The number of hydrogen-bond donors (Lipinski definition) is 0. The molecule has 0 aromatic heterocycles. The minimum absolute atomic E-state index is 0.292. The molecule has 2 heteroatoms. The summed E-state index contributed by atoms with van der Waals surface area (Å²) in [4.78, 5) is 0. The van der Waals surface area contributed by atoms with Gasteiger partial charge in [-0.25, -0.2) is 0 Å². The summed E-state index contributed by atoms with van der Waals surface area (Å²) < 4.78 is 0. The summed E-state index contributed by atoms with van der Waals surface area (Å²) >= 11 is 7.19. The zero-order chi connectivity index (χ0) is 28.1. The van der Waals surface area contributed by atoms with Gasteiger partial charge in [0.05, 0.1) is 0 Å². The molecule has 0 bridgehead atoms. The first kappa shape index (κ1) is 30.8. The number of allylic oxidation sites excluding steroid dienone is 2. The largest absolute Gasteiger partial charge is 0.0913 e. The fourth-order valence-corrected chi connectivity index (χ4v) is 11.6. The molecule has 2 aliphatic carbocycles. The van der Waals surface area contributed by atoms with Gasteiger partial charge in [-0.3, -0.25) is 0 Å². The van der Waals surface area contributed by atoms with Crippen LogP contribution in [0, 0.1) is 0 Å². The second kappa shape index (κ2) is 14.2. The van der Waals surface area contributed by atoms with E-state index in [9.17, 15) is 0 Å². The number of rotatable bonds is 9. The van der Waals surface area contributed by atoms with Crippen LogP contribution in [0.3, 0.4) is 0 Å². The molecule has 4 rings (SSSR count). The first-order chi connectivity index (χ1) is 18.7. The van der Waals surface area contributed by atoms with Crippen LogP contribution in [0.2, 0.25) is 5.02 Å². The molecular formula is C37H54ClP. The van der Waals surface area contributed by atoms with Crippen molar-refractivity contribution in [3.05, 3.63) is 63.7 Å². The molecule has 0 saturated heterocycles. The average molecular weight is 565 g/mol. The van der Waals surface area contributed by atoms with Gasteiger partial charge in [-0.05, 0) is 113 Å². The predicted molar refractivity (Wildman–Crippen MR) is 178 cm³/mol. The lowest BCUT2D eigenvalue weighted by atomic mass is 9.81. The van der Waals surface area contributed by atoms with E-state index < -0.39 is 0 Å². The monoisotopic (exact) mass is 564 g/mol. The molecule has 0 unspecified atom stereocenters. The highest BCUT2D eigenvalue weighted by molar-refractivity contribution is 7.67.